The van der Waals surface area contributed by atoms with Gasteiger partial charge in [0.2, 0.25) is 0 Å². The molecular weight excluding hydrogens is 220 g/mol. The van der Waals surface area contributed by atoms with E-state index in [1.54, 1.807) is 17.3 Å². The van der Waals surface area contributed by atoms with Crippen LogP contribution in [0.25, 0.3) is 0 Å². The Kier molecular flexibility index (Phi) is 5.39. The van der Waals surface area contributed by atoms with E-state index in [9.17, 15) is 4.79 Å². The summed E-state index contributed by atoms with van der Waals surface area (Å²) in [7, 11) is 1.45. The van der Waals surface area contributed by atoms with Crippen LogP contribution in [0.4, 0.5) is 0 Å². The van der Waals surface area contributed by atoms with Crippen LogP contribution in [0, 0.1) is 11.8 Å². The Morgan fingerprint density at radius 1 is 1.62 bits per heavy atom. The fraction of sp³-hybridized carbons (Fsp3) is 0.769. The SMILES string of the molecule is COC(=O)CSC1C=C(C(C)C)CCC1C. The molecule has 0 heterocycles. The molecule has 2 atom stereocenters. The molecule has 0 saturated carbocycles. The summed E-state index contributed by atoms with van der Waals surface area (Å²) in [5, 5.41) is 0.477. The normalized spacial score (nSPS) is 25.4. The van der Waals surface area contributed by atoms with Crippen molar-refractivity contribution in [2.24, 2.45) is 11.8 Å². The molecule has 1 aliphatic carbocycles. The second kappa shape index (κ2) is 6.33. The van der Waals surface area contributed by atoms with E-state index in [1.807, 2.05) is 0 Å². The van der Waals surface area contributed by atoms with Crippen LogP contribution in [0.3, 0.4) is 0 Å². The molecule has 1 aliphatic rings. The fourth-order valence-corrected chi connectivity index (χ4v) is 3.12. The highest BCUT2D eigenvalue weighted by Gasteiger charge is 2.23. The lowest BCUT2D eigenvalue weighted by Crippen LogP contribution is -2.20. The van der Waals surface area contributed by atoms with E-state index < -0.39 is 0 Å². The highest BCUT2D eigenvalue weighted by atomic mass is 32.2. The Morgan fingerprint density at radius 3 is 2.88 bits per heavy atom. The van der Waals surface area contributed by atoms with Crippen molar-refractivity contribution < 1.29 is 9.53 Å². The van der Waals surface area contributed by atoms with Gasteiger partial charge >= 0.3 is 5.97 Å². The fourth-order valence-electron chi connectivity index (χ4n) is 1.93. The molecule has 1 rings (SSSR count). The van der Waals surface area contributed by atoms with Gasteiger partial charge in [0, 0.05) is 5.25 Å². The monoisotopic (exact) mass is 242 g/mol. The zero-order chi connectivity index (χ0) is 12.1. The van der Waals surface area contributed by atoms with Crippen molar-refractivity contribution in [1.82, 2.24) is 0 Å². The summed E-state index contributed by atoms with van der Waals surface area (Å²) < 4.78 is 4.67. The Morgan fingerprint density at radius 2 is 2.31 bits per heavy atom. The summed E-state index contributed by atoms with van der Waals surface area (Å²) >= 11 is 1.71. The van der Waals surface area contributed by atoms with Crippen molar-refractivity contribution in [3.05, 3.63) is 11.6 Å². The van der Waals surface area contributed by atoms with Gasteiger partial charge in [-0.3, -0.25) is 4.79 Å². The molecule has 2 nitrogen and oxygen atoms in total. The molecule has 0 aromatic rings. The smallest absolute Gasteiger partial charge is 0.315 e. The number of allylic oxidation sites excluding steroid dienone is 1. The first-order valence-corrected chi connectivity index (χ1v) is 6.98. The first kappa shape index (κ1) is 13.6. The third-order valence-electron chi connectivity index (χ3n) is 3.19. The molecule has 0 saturated heterocycles. The lowest BCUT2D eigenvalue weighted by atomic mass is 9.86. The number of hydrogen-bond donors (Lipinski definition) is 0. The van der Waals surface area contributed by atoms with Gasteiger partial charge in [-0.25, -0.2) is 0 Å². The van der Waals surface area contributed by atoms with Gasteiger partial charge in [0.15, 0.2) is 0 Å². The number of carbonyl (C=O) groups is 1. The molecule has 0 aliphatic heterocycles. The summed E-state index contributed by atoms with van der Waals surface area (Å²) in [6, 6.07) is 0. The highest BCUT2D eigenvalue weighted by Crippen LogP contribution is 2.34. The molecule has 0 aromatic heterocycles. The van der Waals surface area contributed by atoms with Crippen LogP contribution in [-0.2, 0) is 9.53 Å². The Labute approximate surface area is 103 Å². The van der Waals surface area contributed by atoms with Crippen molar-refractivity contribution >= 4 is 17.7 Å². The maximum absolute atomic E-state index is 11.1. The Balaban J connectivity index is 2.55. The van der Waals surface area contributed by atoms with E-state index in [4.69, 9.17) is 0 Å². The average molecular weight is 242 g/mol. The lowest BCUT2D eigenvalue weighted by molar-refractivity contribution is -0.137. The van der Waals surface area contributed by atoms with Crippen LogP contribution >= 0.6 is 11.8 Å². The van der Waals surface area contributed by atoms with Crippen molar-refractivity contribution in [3.63, 3.8) is 0 Å². The quantitative estimate of drug-likeness (QED) is 0.559. The van der Waals surface area contributed by atoms with Gasteiger partial charge in [0.25, 0.3) is 0 Å². The molecule has 0 radical (unpaired) electrons. The number of thioether (sulfide) groups is 1. The molecule has 0 fully saturated rings. The number of esters is 1. The summed E-state index contributed by atoms with van der Waals surface area (Å²) in [4.78, 5) is 11.1. The largest absolute Gasteiger partial charge is 0.468 e. The predicted molar refractivity (Wildman–Crippen MR) is 69.6 cm³/mol. The van der Waals surface area contributed by atoms with Crippen LogP contribution in [0.5, 0.6) is 0 Å². The minimum Gasteiger partial charge on any atom is -0.468 e. The van der Waals surface area contributed by atoms with E-state index >= 15 is 0 Å². The van der Waals surface area contributed by atoms with Crippen LogP contribution in [-0.4, -0.2) is 24.1 Å². The molecule has 0 amide bonds. The zero-order valence-electron chi connectivity index (χ0n) is 10.7. The molecule has 3 heteroatoms. The van der Waals surface area contributed by atoms with Crippen molar-refractivity contribution in [3.8, 4) is 0 Å². The maximum atomic E-state index is 11.1. The zero-order valence-corrected chi connectivity index (χ0v) is 11.5. The van der Waals surface area contributed by atoms with Gasteiger partial charge in [-0.2, -0.15) is 0 Å². The molecule has 0 N–H and O–H groups in total. The third kappa shape index (κ3) is 3.85. The third-order valence-corrected chi connectivity index (χ3v) is 4.58. The number of ether oxygens (including phenoxy) is 1. The lowest BCUT2D eigenvalue weighted by Gasteiger charge is -2.28. The van der Waals surface area contributed by atoms with E-state index in [-0.39, 0.29) is 5.97 Å². The summed E-state index contributed by atoms with van der Waals surface area (Å²) in [5.41, 5.74) is 1.54. The topological polar surface area (TPSA) is 26.3 Å². The molecule has 0 bridgehead atoms. The highest BCUT2D eigenvalue weighted by molar-refractivity contribution is 8.00. The van der Waals surface area contributed by atoms with E-state index in [0.29, 0.717) is 22.8 Å². The minimum absolute atomic E-state index is 0.123. The van der Waals surface area contributed by atoms with E-state index in [0.717, 1.165) is 0 Å². The number of hydrogen-bond acceptors (Lipinski definition) is 3. The molecule has 0 aromatic carbocycles. The van der Waals surface area contributed by atoms with Gasteiger partial charge in [0.1, 0.15) is 0 Å². The second-order valence-electron chi connectivity index (χ2n) is 4.76. The molecule has 92 valence electrons. The summed E-state index contributed by atoms with van der Waals surface area (Å²) in [6.07, 6.45) is 4.82. The number of methoxy groups -OCH3 is 1. The number of rotatable bonds is 4. The first-order chi connectivity index (χ1) is 7.54. The van der Waals surface area contributed by atoms with Crippen LogP contribution in [0.2, 0.25) is 0 Å². The van der Waals surface area contributed by atoms with Crippen LogP contribution in [0.1, 0.15) is 33.6 Å². The van der Waals surface area contributed by atoms with Crippen LogP contribution < -0.4 is 0 Å². The molecule has 16 heavy (non-hydrogen) atoms. The maximum Gasteiger partial charge on any atom is 0.315 e. The standard InChI is InChI=1S/C13H22O2S/c1-9(2)11-6-5-10(3)12(7-11)16-8-13(14)15-4/h7,9-10,12H,5-6,8H2,1-4H3. The first-order valence-electron chi connectivity index (χ1n) is 5.93. The number of carbonyl (C=O) groups excluding carboxylic acids is 1. The van der Waals surface area contributed by atoms with Crippen LogP contribution in [0.15, 0.2) is 11.6 Å². The molecule has 0 spiro atoms. The van der Waals surface area contributed by atoms with Crippen molar-refractivity contribution in [1.29, 1.82) is 0 Å². The van der Waals surface area contributed by atoms with Gasteiger partial charge in [0.05, 0.1) is 12.9 Å². The van der Waals surface area contributed by atoms with E-state index in [2.05, 4.69) is 31.6 Å². The van der Waals surface area contributed by atoms with Crippen molar-refractivity contribution in [2.75, 3.05) is 12.9 Å². The van der Waals surface area contributed by atoms with E-state index in [1.165, 1.54) is 20.0 Å². The second-order valence-corrected chi connectivity index (χ2v) is 5.93. The molecule has 2 unspecified atom stereocenters. The van der Waals surface area contributed by atoms with Gasteiger partial charge < -0.3 is 4.74 Å². The summed E-state index contributed by atoms with van der Waals surface area (Å²) in [5.74, 6) is 1.64. The average Bonchev–Trinajstić information content (AvgIpc) is 2.27. The minimum atomic E-state index is -0.123. The van der Waals surface area contributed by atoms with Gasteiger partial charge in [-0.1, -0.05) is 32.4 Å². The van der Waals surface area contributed by atoms with Crippen molar-refractivity contribution in [2.45, 2.75) is 38.9 Å². The predicted octanol–water partition coefficient (Wildman–Crippen LogP) is 3.27. The molecular formula is C13H22O2S. The van der Waals surface area contributed by atoms with Gasteiger partial charge in [-0.05, 0) is 24.7 Å². The summed E-state index contributed by atoms with van der Waals surface area (Å²) in [6.45, 7) is 6.75. The van der Waals surface area contributed by atoms with Gasteiger partial charge in [-0.15, -0.1) is 11.8 Å². The Bertz CT molecular complexity index is 271. The Hall–Kier alpha value is -0.440.